The largest absolute Gasteiger partial charge is 0.493 e. The monoisotopic (exact) mass is 610 g/mol. The first-order valence-corrected chi connectivity index (χ1v) is 17.1. The van der Waals surface area contributed by atoms with Crippen LogP contribution in [0.5, 0.6) is 5.75 Å². The van der Waals surface area contributed by atoms with Crippen LogP contribution in [0.1, 0.15) is 102 Å². The zero-order valence-electron chi connectivity index (χ0n) is 29.6. The summed E-state index contributed by atoms with van der Waals surface area (Å²) < 4.78 is 5.62. The summed E-state index contributed by atoms with van der Waals surface area (Å²) in [4.78, 5) is 26.7. The van der Waals surface area contributed by atoms with E-state index in [0.717, 1.165) is 64.0 Å². The molecule has 2 aromatic carbocycles. The maximum absolute atomic E-state index is 11.7. The van der Waals surface area contributed by atoms with E-state index in [2.05, 4.69) is 103 Å². The molecule has 44 heavy (non-hydrogen) atoms. The van der Waals surface area contributed by atoms with Crippen molar-refractivity contribution >= 4 is 17.9 Å². The van der Waals surface area contributed by atoms with Crippen LogP contribution in [0.25, 0.3) is 0 Å². The average Bonchev–Trinajstić information content (AvgIpc) is 3.65. The van der Waals surface area contributed by atoms with Crippen LogP contribution in [0.4, 0.5) is 5.69 Å². The lowest BCUT2D eigenvalue weighted by Gasteiger charge is -2.23. The molecular weight excluding hydrogens is 546 g/mol. The van der Waals surface area contributed by atoms with Crippen molar-refractivity contribution in [3.05, 3.63) is 59.2 Å². The standard InChI is InChI=1S/C20H29NO2.C12H19N.C3H9N.C3H6O/c1-3-16(17-6-7-19-18(14-17)9-12-23-19)13-15(2)8-11-21-10-4-5-20(21)22;1-4-5-9-13(3)12-8-6-7-11(2)10-12;1-4(2)3;1-2-3-4/h6-7,14-16H,3-5,8-13H2,1-2H3;6-8,10H,4-5,9H2,1-3H3;1-3H3;3H,2H2,1H3/p+1. The number of nitrogens with one attached hydrogen (secondary N) is 1. The summed E-state index contributed by atoms with van der Waals surface area (Å²) in [5.41, 5.74) is 5.49. The van der Waals surface area contributed by atoms with Crippen LogP contribution in [-0.4, -0.2) is 71.5 Å². The van der Waals surface area contributed by atoms with E-state index >= 15 is 0 Å². The predicted octanol–water partition coefficient (Wildman–Crippen LogP) is 6.74. The van der Waals surface area contributed by atoms with E-state index in [0.29, 0.717) is 24.2 Å². The number of hydrogen-bond donors (Lipinski definition) is 1. The topological polar surface area (TPSA) is 54.3 Å². The van der Waals surface area contributed by atoms with E-state index in [1.54, 1.807) is 0 Å². The van der Waals surface area contributed by atoms with E-state index in [4.69, 9.17) is 4.74 Å². The first-order chi connectivity index (χ1) is 21.1. The molecule has 4 rings (SSSR count). The number of quaternary nitrogens is 1. The molecule has 0 bridgehead atoms. The Bertz CT molecular complexity index is 1070. The summed E-state index contributed by atoms with van der Waals surface area (Å²) in [5.74, 6) is 2.69. The highest BCUT2D eigenvalue weighted by Gasteiger charge is 2.22. The number of fused-ring (bicyclic) bond motifs is 1. The van der Waals surface area contributed by atoms with Crippen molar-refractivity contribution in [2.45, 2.75) is 98.3 Å². The Morgan fingerprint density at radius 3 is 2.34 bits per heavy atom. The van der Waals surface area contributed by atoms with Crippen molar-refractivity contribution in [3.63, 3.8) is 0 Å². The van der Waals surface area contributed by atoms with Crippen LogP contribution >= 0.6 is 0 Å². The first kappa shape index (κ1) is 39.2. The van der Waals surface area contributed by atoms with Crippen molar-refractivity contribution in [1.82, 2.24) is 4.90 Å². The molecule has 2 atom stereocenters. The number of carbonyl (C=O) groups excluding carboxylic acids is 2. The van der Waals surface area contributed by atoms with Crippen LogP contribution in [0.15, 0.2) is 42.5 Å². The third kappa shape index (κ3) is 15.7. The van der Waals surface area contributed by atoms with Crippen LogP contribution in [0, 0.1) is 12.8 Å². The van der Waals surface area contributed by atoms with E-state index in [-0.39, 0.29) is 0 Å². The molecule has 0 spiro atoms. The molecule has 0 aliphatic carbocycles. The fourth-order valence-corrected chi connectivity index (χ4v) is 5.31. The van der Waals surface area contributed by atoms with Gasteiger partial charge in [0.25, 0.3) is 0 Å². The number of rotatable bonds is 12. The highest BCUT2D eigenvalue weighted by molar-refractivity contribution is 5.78. The van der Waals surface area contributed by atoms with Crippen LogP contribution < -0.4 is 14.5 Å². The second-order valence-electron chi connectivity index (χ2n) is 12.9. The molecule has 1 amide bonds. The number of hydrogen-bond acceptors (Lipinski definition) is 4. The van der Waals surface area contributed by atoms with Gasteiger partial charge >= 0.3 is 0 Å². The third-order valence-electron chi connectivity index (χ3n) is 7.88. The van der Waals surface area contributed by atoms with Crippen molar-refractivity contribution in [2.75, 3.05) is 59.3 Å². The normalized spacial score (nSPS) is 14.6. The SMILES string of the molecule is CCC(CC(C)CCN1CCCC1=O)c1ccc2c(c1)CCO2.CCC=O.CCCCN(C)c1cccc(C)c1.C[NH+](C)C. The van der Waals surface area contributed by atoms with E-state index in [1.165, 1.54) is 53.0 Å². The molecule has 2 heterocycles. The Kier molecular flexibility index (Phi) is 20.1. The van der Waals surface area contributed by atoms with E-state index in [9.17, 15) is 9.59 Å². The van der Waals surface area contributed by atoms with Gasteiger partial charge in [-0.3, -0.25) is 4.79 Å². The molecule has 0 radical (unpaired) electrons. The van der Waals surface area contributed by atoms with Gasteiger partial charge in [-0.25, -0.2) is 0 Å². The number of aryl methyl sites for hydroxylation is 1. The number of anilines is 1. The van der Waals surface area contributed by atoms with Gasteiger partial charge in [0.2, 0.25) is 5.91 Å². The summed E-state index contributed by atoms with van der Waals surface area (Å²) in [6.07, 6.45) is 10.4. The van der Waals surface area contributed by atoms with Gasteiger partial charge in [0.15, 0.2) is 0 Å². The second-order valence-corrected chi connectivity index (χ2v) is 12.9. The van der Waals surface area contributed by atoms with Gasteiger partial charge in [-0.05, 0) is 85.8 Å². The molecule has 1 fully saturated rings. The molecular formula is C38H64N3O3+. The lowest BCUT2D eigenvalue weighted by atomic mass is 9.85. The number of unbranched alkanes of at least 4 members (excludes halogenated alkanes) is 1. The average molecular weight is 611 g/mol. The number of carbonyl (C=O) groups is 2. The van der Waals surface area contributed by atoms with Gasteiger partial charge in [0.05, 0.1) is 27.7 Å². The minimum Gasteiger partial charge on any atom is -0.493 e. The summed E-state index contributed by atoms with van der Waals surface area (Å²) in [7, 11) is 8.41. The van der Waals surface area contributed by atoms with Gasteiger partial charge in [0.1, 0.15) is 12.0 Å². The zero-order valence-corrected chi connectivity index (χ0v) is 29.6. The number of aldehydes is 1. The maximum Gasteiger partial charge on any atom is 0.222 e. The van der Waals surface area contributed by atoms with Crippen LogP contribution in [-0.2, 0) is 16.0 Å². The molecule has 2 aliphatic heterocycles. The zero-order chi connectivity index (χ0) is 32.9. The molecule has 248 valence electrons. The number of likely N-dealkylation sites (tertiary alicyclic amines) is 1. The predicted molar refractivity (Wildman–Crippen MR) is 187 cm³/mol. The summed E-state index contributed by atoms with van der Waals surface area (Å²) in [6, 6.07) is 15.4. The van der Waals surface area contributed by atoms with Crippen LogP contribution in [0.3, 0.4) is 0 Å². The molecule has 1 saturated heterocycles. The minimum atomic E-state index is 0.350. The van der Waals surface area contributed by atoms with Crippen molar-refractivity contribution in [1.29, 1.82) is 0 Å². The highest BCUT2D eigenvalue weighted by Crippen LogP contribution is 2.33. The summed E-state index contributed by atoms with van der Waals surface area (Å²) in [6.45, 7) is 14.7. The summed E-state index contributed by atoms with van der Waals surface area (Å²) >= 11 is 0. The number of nitrogens with zero attached hydrogens (tertiary/aromatic N) is 2. The van der Waals surface area contributed by atoms with Gasteiger partial charge in [-0.1, -0.05) is 58.4 Å². The molecule has 1 N–H and O–H groups in total. The smallest absolute Gasteiger partial charge is 0.222 e. The Morgan fingerprint density at radius 1 is 1.07 bits per heavy atom. The highest BCUT2D eigenvalue weighted by atomic mass is 16.5. The van der Waals surface area contributed by atoms with Crippen molar-refractivity contribution in [2.24, 2.45) is 5.92 Å². The number of amides is 1. The number of ether oxygens (including phenoxy) is 1. The fourth-order valence-electron chi connectivity index (χ4n) is 5.31. The Morgan fingerprint density at radius 2 is 1.77 bits per heavy atom. The molecule has 0 aromatic heterocycles. The first-order valence-electron chi connectivity index (χ1n) is 17.1. The van der Waals surface area contributed by atoms with Crippen molar-refractivity contribution in [3.8, 4) is 5.75 Å². The Hall–Kier alpha value is -2.86. The fraction of sp³-hybridized carbons (Fsp3) is 0.632. The Labute approximate surface area is 270 Å². The van der Waals surface area contributed by atoms with Gasteiger partial charge in [-0.2, -0.15) is 0 Å². The lowest BCUT2D eigenvalue weighted by Crippen LogP contribution is -3.02. The maximum atomic E-state index is 11.7. The Balaban J connectivity index is 0.000000387. The quantitative estimate of drug-likeness (QED) is 0.271. The minimum absolute atomic E-state index is 0.350. The van der Waals surface area contributed by atoms with Crippen LogP contribution in [0.2, 0.25) is 0 Å². The van der Waals surface area contributed by atoms with E-state index < -0.39 is 0 Å². The molecule has 6 heteroatoms. The number of benzene rings is 2. The third-order valence-corrected chi connectivity index (χ3v) is 7.88. The van der Waals surface area contributed by atoms with Gasteiger partial charge < -0.3 is 24.2 Å². The lowest BCUT2D eigenvalue weighted by molar-refractivity contribution is -0.836. The molecule has 2 aromatic rings. The molecule has 0 saturated carbocycles. The summed E-state index contributed by atoms with van der Waals surface area (Å²) in [5, 5.41) is 0. The van der Waals surface area contributed by atoms with E-state index in [1.807, 2.05) is 11.8 Å². The van der Waals surface area contributed by atoms with Gasteiger partial charge in [-0.15, -0.1) is 0 Å². The van der Waals surface area contributed by atoms with Gasteiger partial charge in [0, 0.05) is 51.6 Å². The molecule has 2 aliphatic rings. The molecule has 6 nitrogen and oxygen atoms in total. The second kappa shape index (κ2) is 22.6. The van der Waals surface area contributed by atoms with Crippen molar-refractivity contribution < 1.29 is 19.2 Å². The molecule has 2 unspecified atom stereocenters.